The third-order valence-corrected chi connectivity index (χ3v) is 3.98. The van der Waals surface area contributed by atoms with E-state index in [0.717, 1.165) is 16.7 Å². The summed E-state index contributed by atoms with van der Waals surface area (Å²) in [6, 6.07) is 21.6. The first-order chi connectivity index (χ1) is 11.6. The van der Waals surface area contributed by atoms with Gasteiger partial charge in [-0.25, -0.2) is 9.36 Å². The summed E-state index contributed by atoms with van der Waals surface area (Å²) in [6.07, 6.45) is 1.21. The van der Waals surface area contributed by atoms with E-state index >= 15 is 0 Å². The highest BCUT2D eigenvalue weighted by Gasteiger charge is 2.08. The van der Waals surface area contributed by atoms with Crippen LogP contribution < -0.4 is 5.56 Å². The van der Waals surface area contributed by atoms with Crippen molar-refractivity contribution in [2.75, 3.05) is 0 Å². The zero-order valence-electron chi connectivity index (χ0n) is 13.1. The Kier molecular flexibility index (Phi) is 4.57. The van der Waals surface area contributed by atoms with Gasteiger partial charge in [-0.1, -0.05) is 60.7 Å². The molecule has 0 amide bonds. The van der Waals surface area contributed by atoms with Gasteiger partial charge in [0.2, 0.25) is 0 Å². The molecule has 24 heavy (non-hydrogen) atoms. The number of nitrogens with zero attached hydrogens (tertiary/aromatic N) is 1. The van der Waals surface area contributed by atoms with Gasteiger partial charge in [-0.3, -0.25) is 4.79 Å². The number of hydrogen-bond donors (Lipinski definition) is 1. The fourth-order valence-electron chi connectivity index (χ4n) is 2.65. The molecule has 0 bridgehead atoms. The SMILES string of the molecule is O=C(O)n1cccc(CCc2ccc(-c3ccccc3)cc2)c1=O. The summed E-state index contributed by atoms with van der Waals surface area (Å²) in [5.74, 6) is 0. The van der Waals surface area contributed by atoms with E-state index in [9.17, 15) is 9.59 Å². The Balaban J connectivity index is 1.73. The average Bonchev–Trinajstić information content (AvgIpc) is 2.62. The molecule has 0 radical (unpaired) electrons. The van der Waals surface area contributed by atoms with Crippen LogP contribution in [-0.2, 0) is 12.8 Å². The van der Waals surface area contributed by atoms with Crippen LogP contribution >= 0.6 is 0 Å². The predicted octanol–water partition coefficient (Wildman–Crippen LogP) is 3.83. The molecule has 1 heterocycles. The van der Waals surface area contributed by atoms with E-state index in [-0.39, 0.29) is 0 Å². The van der Waals surface area contributed by atoms with Gasteiger partial charge in [-0.15, -0.1) is 0 Å². The van der Waals surface area contributed by atoms with Gasteiger partial charge in [0.25, 0.3) is 5.56 Å². The van der Waals surface area contributed by atoms with Gasteiger partial charge in [0, 0.05) is 11.8 Å². The minimum Gasteiger partial charge on any atom is -0.464 e. The fraction of sp³-hybridized carbons (Fsp3) is 0.100. The van der Waals surface area contributed by atoms with Gasteiger partial charge in [0.15, 0.2) is 0 Å². The van der Waals surface area contributed by atoms with Crippen molar-refractivity contribution in [3.05, 3.63) is 94.4 Å². The molecule has 0 fully saturated rings. The number of hydrogen-bond acceptors (Lipinski definition) is 2. The van der Waals surface area contributed by atoms with Crippen LogP contribution in [0.1, 0.15) is 11.1 Å². The first-order valence-corrected chi connectivity index (χ1v) is 7.73. The number of aromatic nitrogens is 1. The number of carboxylic acid groups (broad SMARTS) is 1. The number of carbonyl (C=O) groups is 1. The lowest BCUT2D eigenvalue weighted by molar-refractivity contribution is 0.195. The quantitative estimate of drug-likeness (QED) is 0.795. The van der Waals surface area contributed by atoms with Gasteiger partial charge >= 0.3 is 6.09 Å². The number of pyridine rings is 1. The first kappa shape index (κ1) is 15.7. The lowest BCUT2D eigenvalue weighted by atomic mass is 10.0. The maximum Gasteiger partial charge on any atom is 0.418 e. The molecule has 4 nitrogen and oxygen atoms in total. The second-order valence-electron chi connectivity index (χ2n) is 5.55. The maximum atomic E-state index is 12.1. The Bertz CT molecular complexity index is 896. The molecule has 3 aromatic rings. The molecular formula is C20H17NO3. The van der Waals surface area contributed by atoms with E-state index in [0.29, 0.717) is 23.0 Å². The summed E-state index contributed by atoms with van der Waals surface area (Å²) in [4.78, 5) is 23.0. The standard InChI is InChI=1S/C20H17NO3/c22-19-18(7-4-14-21(19)20(23)24)13-10-15-8-11-17(12-9-15)16-5-2-1-3-6-16/h1-9,11-12,14H,10,13H2,(H,23,24). The molecule has 1 N–H and O–H groups in total. The zero-order valence-corrected chi connectivity index (χ0v) is 13.1. The van der Waals surface area contributed by atoms with Crippen molar-refractivity contribution in [1.29, 1.82) is 0 Å². The van der Waals surface area contributed by atoms with Crippen LogP contribution in [0.5, 0.6) is 0 Å². The van der Waals surface area contributed by atoms with Gasteiger partial charge in [0.1, 0.15) is 0 Å². The van der Waals surface area contributed by atoms with E-state index in [1.165, 1.54) is 6.20 Å². The summed E-state index contributed by atoms with van der Waals surface area (Å²) in [5, 5.41) is 8.98. The normalized spacial score (nSPS) is 10.5. The van der Waals surface area contributed by atoms with Crippen molar-refractivity contribution in [3.8, 4) is 11.1 Å². The first-order valence-electron chi connectivity index (χ1n) is 7.73. The molecule has 0 aliphatic carbocycles. The fourth-order valence-corrected chi connectivity index (χ4v) is 2.65. The molecule has 0 saturated carbocycles. The molecule has 120 valence electrons. The summed E-state index contributed by atoms with van der Waals surface area (Å²) in [6.45, 7) is 0. The highest BCUT2D eigenvalue weighted by atomic mass is 16.4. The van der Waals surface area contributed by atoms with Gasteiger partial charge < -0.3 is 5.11 Å². The van der Waals surface area contributed by atoms with E-state index in [4.69, 9.17) is 5.11 Å². The molecule has 0 spiro atoms. The summed E-state index contributed by atoms with van der Waals surface area (Å²) in [7, 11) is 0. The van der Waals surface area contributed by atoms with Crippen molar-refractivity contribution in [3.63, 3.8) is 0 Å². The summed E-state index contributed by atoms with van der Waals surface area (Å²) >= 11 is 0. The summed E-state index contributed by atoms with van der Waals surface area (Å²) in [5.41, 5.74) is 3.46. The predicted molar refractivity (Wildman–Crippen MR) is 93.4 cm³/mol. The van der Waals surface area contributed by atoms with E-state index in [1.54, 1.807) is 12.1 Å². The van der Waals surface area contributed by atoms with E-state index in [1.807, 2.05) is 30.3 Å². The second kappa shape index (κ2) is 6.96. The van der Waals surface area contributed by atoms with Crippen LogP contribution in [0, 0.1) is 0 Å². The summed E-state index contributed by atoms with van der Waals surface area (Å²) < 4.78 is 0.716. The Morgan fingerprint density at radius 3 is 2.17 bits per heavy atom. The van der Waals surface area contributed by atoms with Crippen molar-refractivity contribution in [2.45, 2.75) is 12.8 Å². The molecule has 0 aliphatic rings. The monoisotopic (exact) mass is 319 g/mol. The van der Waals surface area contributed by atoms with Crippen molar-refractivity contribution >= 4 is 6.09 Å². The smallest absolute Gasteiger partial charge is 0.418 e. The number of benzene rings is 2. The Hall–Kier alpha value is -3.14. The van der Waals surface area contributed by atoms with Gasteiger partial charge in [-0.05, 0) is 35.6 Å². The molecule has 0 atom stereocenters. The highest BCUT2D eigenvalue weighted by molar-refractivity contribution is 5.67. The zero-order chi connectivity index (χ0) is 16.9. The van der Waals surface area contributed by atoms with Crippen molar-refractivity contribution in [1.82, 2.24) is 4.57 Å². The van der Waals surface area contributed by atoms with Crippen LogP contribution in [0.25, 0.3) is 11.1 Å². The van der Waals surface area contributed by atoms with E-state index < -0.39 is 11.7 Å². The molecule has 4 heteroatoms. The Morgan fingerprint density at radius 2 is 1.50 bits per heavy atom. The number of aryl methyl sites for hydroxylation is 2. The van der Waals surface area contributed by atoms with Crippen LogP contribution in [0.4, 0.5) is 4.79 Å². The largest absolute Gasteiger partial charge is 0.464 e. The lowest BCUT2D eigenvalue weighted by Gasteiger charge is -2.06. The third-order valence-electron chi connectivity index (χ3n) is 3.98. The van der Waals surface area contributed by atoms with Crippen molar-refractivity contribution in [2.24, 2.45) is 0 Å². The Morgan fingerprint density at radius 1 is 0.833 bits per heavy atom. The molecule has 3 rings (SSSR count). The number of rotatable bonds is 4. The molecular weight excluding hydrogens is 302 g/mol. The van der Waals surface area contributed by atoms with Gasteiger partial charge in [-0.2, -0.15) is 0 Å². The average molecular weight is 319 g/mol. The Labute approximate surface area is 139 Å². The van der Waals surface area contributed by atoms with Crippen LogP contribution in [0.15, 0.2) is 77.7 Å². The van der Waals surface area contributed by atoms with Gasteiger partial charge in [0.05, 0.1) is 0 Å². The van der Waals surface area contributed by atoms with Crippen LogP contribution in [-0.4, -0.2) is 15.8 Å². The van der Waals surface area contributed by atoms with E-state index in [2.05, 4.69) is 24.3 Å². The molecule has 0 aliphatic heterocycles. The maximum absolute atomic E-state index is 12.1. The highest BCUT2D eigenvalue weighted by Crippen LogP contribution is 2.19. The molecule has 2 aromatic carbocycles. The molecule has 0 unspecified atom stereocenters. The van der Waals surface area contributed by atoms with Crippen LogP contribution in [0.2, 0.25) is 0 Å². The molecule has 0 saturated heterocycles. The molecule has 1 aromatic heterocycles. The lowest BCUT2D eigenvalue weighted by Crippen LogP contribution is -2.27. The van der Waals surface area contributed by atoms with Crippen molar-refractivity contribution < 1.29 is 9.90 Å². The van der Waals surface area contributed by atoms with Crippen LogP contribution in [0.3, 0.4) is 0 Å². The minimum absolute atomic E-state index is 0.467. The third kappa shape index (κ3) is 3.43. The topological polar surface area (TPSA) is 59.3 Å². The second-order valence-corrected chi connectivity index (χ2v) is 5.55. The minimum atomic E-state index is -1.26.